The maximum atomic E-state index is 11.4. The molecule has 8 nitrogen and oxygen atoms in total. The second-order valence-corrected chi connectivity index (χ2v) is 3.73. The first-order chi connectivity index (χ1) is 8.16. The van der Waals surface area contributed by atoms with Crippen molar-refractivity contribution in [3.8, 4) is 0 Å². The summed E-state index contributed by atoms with van der Waals surface area (Å²) in [7, 11) is 0. The Bertz CT molecular complexity index is 374. The average Bonchev–Trinajstić information content (AvgIpc) is 2.15. The first kappa shape index (κ1) is 16.0. The number of hydrogen-bond donors (Lipinski definition) is 1. The lowest BCUT2D eigenvalue weighted by Gasteiger charge is -2.36. The van der Waals surface area contributed by atoms with Crippen molar-refractivity contribution in [3.63, 3.8) is 0 Å². The number of Topliss-reactive ketones (excluding diaryl/α,β-unsaturated/α-hetero) is 1. The third-order valence-electron chi connectivity index (χ3n) is 2.30. The molecular weight excluding hydrogens is 248 g/mol. The largest absolute Gasteiger partial charge is 0.550 e. The van der Waals surface area contributed by atoms with E-state index in [1.54, 1.807) is 0 Å². The Hall–Kier alpha value is -1.96. The minimum Gasteiger partial charge on any atom is -0.550 e. The van der Waals surface area contributed by atoms with Crippen molar-refractivity contribution in [1.29, 1.82) is 0 Å². The van der Waals surface area contributed by atoms with Crippen LogP contribution in [0.15, 0.2) is 0 Å². The molecule has 0 saturated carbocycles. The van der Waals surface area contributed by atoms with Crippen molar-refractivity contribution < 1.29 is 39.6 Å². The molecule has 0 aliphatic rings. The Morgan fingerprint density at radius 1 is 1.17 bits per heavy atom. The fourth-order valence-corrected chi connectivity index (χ4v) is 1.50. The number of rotatable bonds is 8. The Morgan fingerprint density at radius 3 is 1.94 bits per heavy atom. The number of aliphatic hydroxyl groups is 1. The molecule has 0 aliphatic heterocycles. The fraction of sp³-hybridized carbons (Fsp3) is 0.600. The summed E-state index contributed by atoms with van der Waals surface area (Å²) in [5, 5.41) is 41.4. The monoisotopic (exact) mass is 259 g/mol. The summed E-state index contributed by atoms with van der Waals surface area (Å²) in [6.45, 7) is 1.51. The van der Waals surface area contributed by atoms with Crippen LogP contribution in [-0.4, -0.2) is 34.4 Å². The van der Waals surface area contributed by atoms with Gasteiger partial charge in [-0.15, -0.1) is 0 Å². The van der Waals surface area contributed by atoms with E-state index in [4.69, 9.17) is 0 Å². The molecule has 0 aromatic rings. The van der Waals surface area contributed by atoms with Crippen LogP contribution in [0.4, 0.5) is 0 Å². The second-order valence-electron chi connectivity index (χ2n) is 3.73. The van der Waals surface area contributed by atoms with E-state index in [0.717, 1.165) is 0 Å². The van der Waals surface area contributed by atoms with Crippen molar-refractivity contribution in [2.45, 2.75) is 31.8 Å². The molecule has 2 atom stereocenters. The quantitative estimate of drug-likeness (QED) is 0.426. The highest BCUT2D eigenvalue weighted by Crippen LogP contribution is 2.23. The summed E-state index contributed by atoms with van der Waals surface area (Å²) in [6, 6.07) is 0. The van der Waals surface area contributed by atoms with Crippen LogP contribution in [0.1, 0.15) is 26.2 Å². The molecule has 0 radical (unpaired) electrons. The van der Waals surface area contributed by atoms with E-state index >= 15 is 0 Å². The molecule has 0 amide bonds. The average molecular weight is 259 g/mol. The van der Waals surface area contributed by atoms with Gasteiger partial charge in [-0.3, -0.25) is 4.79 Å². The van der Waals surface area contributed by atoms with Gasteiger partial charge in [-0.05, 0) is 6.42 Å². The minimum absolute atomic E-state index is 0.192. The van der Waals surface area contributed by atoms with Crippen LogP contribution >= 0.6 is 0 Å². The van der Waals surface area contributed by atoms with E-state index in [-0.39, 0.29) is 12.8 Å². The molecule has 0 fully saturated rings. The first-order valence-electron chi connectivity index (χ1n) is 5.04. The SMILES string of the molecule is CCCC(=O)C(C(=O)[O-])C(O)(CC(=O)[O-])C(=O)[O-]. The first-order valence-corrected chi connectivity index (χ1v) is 5.04. The highest BCUT2D eigenvalue weighted by atomic mass is 16.4. The highest BCUT2D eigenvalue weighted by Gasteiger charge is 2.43. The zero-order valence-corrected chi connectivity index (χ0v) is 9.50. The van der Waals surface area contributed by atoms with E-state index < -0.39 is 41.6 Å². The van der Waals surface area contributed by atoms with E-state index in [9.17, 15) is 39.6 Å². The third kappa shape index (κ3) is 3.52. The maximum absolute atomic E-state index is 11.4. The molecule has 102 valence electrons. The van der Waals surface area contributed by atoms with Crippen molar-refractivity contribution in [1.82, 2.24) is 0 Å². The zero-order chi connectivity index (χ0) is 14.5. The van der Waals surface area contributed by atoms with Crippen LogP contribution in [-0.2, 0) is 19.2 Å². The maximum Gasteiger partial charge on any atom is 0.144 e. The molecule has 0 aromatic carbocycles. The van der Waals surface area contributed by atoms with Crippen LogP contribution in [0, 0.1) is 5.92 Å². The second kappa shape index (κ2) is 6.10. The van der Waals surface area contributed by atoms with Crippen molar-refractivity contribution >= 4 is 23.7 Å². The number of carboxylic acid groups (broad SMARTS) is 3. The predicted octanol–water partition coefficient (Wildman–Crippen LogP) is -4.66. The van der Waals surface area contributed by atoms with Gasteiger partial charge in [0.1, 0.15) is 11.4 Å². The van der Waals surface area contributed by atoms with E-state index in [2.05, 4.69) is 0 Å². The highest BCUT2D eigenvalue weighted by molar-refractivity contribution is 6.04. The van der Waals surface area contributed by atoms with Gasteiger partial charge < -0.3 is 34.8 Å². The van der Waals surface area contributed by atoms with Crippen molar-refractivity contribution in [3.05, 3.63) is 0 Å². The van der Waals surface area contributed by atoms with E-state index in [1.165, 1.54) is 6.92 Å². The molecule has 8 heteroatoms. The molecule has 18 heavy (non-hydrogen) atoms. The molecule has 0 rings (SSSR count). The third-order valence-corrected chi connectivity index (χ3v) is 2.30. The summed E-state index contributed by atoms with van der Waals surface area (Å²) in [6.07, 6.45) is -1.73. The molecule has 2 unspecified atom stereocenters. The van der Waals surface area contributed by atoms with E-state index in [0.29, 0.717) is 0 Å². The minimum atomic E-state index is -3.38. The Labute approximate surface area is 102 Å². The molecule has 0 aliphatic carbocycles. The number of carbonyl (C=O) groups excluding carboxylic acids is 4. The number of ketones is 1. The number of carboxylic acids is 3. The summed E-state index contributed by atoms with van der Waals surface area (Å²) in [5.41, 5.74) is -3.38. The lowest BCUT2D eigenvalue weighted by atomic mass is 9.80. The van der Waals surface area contributed by atoms with Gasteiger partial charge in [0.25, 0.3) is 0 Å². The molecule has 0 bridgehead atoms. The summed E-state index contributed by atoms with van der Waals surface area (Å²) in [4.78, 5) is 43.2. The Balaban J connectivity index is 5.50. The molecule has 1 N–H and O–H groups in total. The van der Waals surface area contributed by atoms with Gasteiger partial charge >= 0.3 is 0 Å². The Kier molecular flexibility index (Phi) is 5.44. The van der Waals surface area contributed by atoms with Gasteiger partial charge in [-0.1, -0.05) is 6.92 Å². The van der Waals surface area contributed by atoms with Crippen LogP contribution in [0.3, 0.4) is 0 Å². The molecule has 0 spiro atoms. The molecule has 0 aromatic heterocycles. The van der Waals surface area contributed by atoms with Gasteiger partial charge in [0, 0.05) is 18.8 Å². The molecular formula is C10H11O8-3. The van der Waals surface area contributed by atoms with Gasteiger partial charge in [0.05, 0.1) is 17.9 Å². The van der Waals surface area contributed by atoms with Gasteiger partial charge in [0.2, 0.25) is 0 Å². The molecule has 0 heterocycles. The van der Waals surface area contributed by atoms with Gasteiger partial charge in [0.15, 0.2) is 0 Å². The standard InChI is InChI=1S/C10H14O8/c1-2-3-5(11)7(8(14)15)10(18,9(16)17)4-6(12)13/h7,18H,2-4H2,1H3,(H,12,13)(H,14,15)(H,16,17)/p-3. The van der Waals surface area contributed by atoms with Crippen LogP contribution in [0.5, 0.6) is 0 Å². The van der Waals surface area contributed by atoms with Crippen LogP contribution < -0.4 is 15.3 Å². The Morgan fingerprint density at radius 2 is 1.67 bits per heavy atom. The van der Waals surface area contributed by atoms with Gasteiger partial charge in [-0.2, -0.15) is 0 Å². The topological polar surface area (TPSA) is 158 Å². The number of hydrogen-bond acceptors (Lipinski definition) is 8. The summed E-state index contributed by atoms with van der Waals surface area (Å²) in [5.74, 6) is -10.3. The van der Waals surface area contributed by atoms with Crippen LogP contribution in [0.25, 0.3) is 0 Å². The van der Waals surface area contributed by atoms with E-state index in [1.807, 2.05) is 0 Å². The fourth-order valence-electron chi connectivity index (χ4n) is 1.50. The van der Waals surface area contributed by atoms with Crippen molar-refractivity contribution in [2.75, 3.05) is 0 Å². The van der Waals surface area contributed by atoms with Crippen molar-refractivity contribution in [2.24, 2.45) is 5.92 Å². The zero-order valence-electron chi connectivity index (χ0n) is 9.50. The predicted molar refractivity (Wildman–Crippen MR) is 48.0 cm³/mol. The summed E-state index contributed by atoms with van der Waals surface area (Å²) >= 11 is 0. The number of carbonyl (C=O) groups is 4. The normalized spacial score (nSPS) is 15.4. The number of aliphatic carboxylic acids is 3. The summed E-state index contributed by atoms with van der Waals surface area (Å²) < 4.78 is 0. The van der Waals surface area contributed by atoms with Gasteiger partial charge in [-0.25, -0.2) is 0 Å². The lowest BCUT2D eigenvalue weighted by Crippen LogP contribution is -2.62. The molecule has 0 saturated heterocycles. The lowest BCUT2D eigenvalue weighted by molar-refractivity contribution is -0.344. The van der Waals surface area contributed by atoms with Crippen LogP contribution in [0.2, 0.25) is 0 Å². The smallest absolute Gasteiger partial charge is 0.144 e.